The molecule has 0 aliphatic rings. The van der Waals surface area contributed by atoms with E-state index in [0.29, 0.717) is 6.61 Å². The van der Waals surface area contributed by atoms with Gasteiger partial charge < -0.3 is 19.0 Å². The van der Waals surface area contributed by atoms with E-state index < -0.39 is 8.32 Å². The van der Waals surface area contributed by atoms with E-state index in [4.69, 9.17) is 19.0 Å². The highest BCUT2D eigenvalue weighted by Crippen LogP contribution is 2.37. The smallest absolute Gasteiger partial charge is 0.261 e. The summed E-state index contributed by atoms with van der Waals surface area (Å²) < 4.78 is 18.1. The van der Waals surface area contributed by atoms with Crippen LogP contribution in [0.5, 0.6) is 0 Å². The number of benzene rings is 2. The number of aliphatic hydroxyl groups is 1. The molecule has 0 aliphatic carbocycles. The van der Waals surface area contributed by atoms with Gasteiger partial charge in [0.25, 0.3) is 8.32 Å². The first-order valence-electron chi connectivity index (χ1n) is 11.5. The molecule has 2 atom stereocenters. The third-order valence-corrected chi connectivity index (χ3v) is 11.0. The molecule has 0 aliphatic heterocycles. The van der Waals surface area contributed by atoms with Crippen molar-refractivity contribution in [2.75, 3.05) is 27.1 Å². The topological polar surface area (TPSA) is 47.9 Å². The van der Waals surface area contributed by atoms with Crippen molar-refractivity contribution in [2.24, 2.45) is 5.92 Å². The van der Waals surface area contributed by atoms with Crippen LogP contribution in [0, 0.1) is 5.92 Å². The minimum atomic E-state index is -2.52. The lowest BCUT2D eigenvalue weighted by Gasteiger charge is -2.43. The summed E-state index contributed by atoms with van der Waals surface area (Å²) in [6, 6.07) is 21.5. The lowest BCUT2D eigenvalue weighted by Crippen LogP contribution is -2.66. The molecule has 176 valence electrons. The minimum absolute atomic E-state index is 0.0144. The molecular weight excluding hydrogens is 416 g/mol. The van der Waals surface area contributed by atoms with Gasteiger partial charge in [-0.1, -0.05) is 101 Å². The quantitative estimate of drug-likeness (QED) is 0.274. The molecule has 2 aromatic carbocycles. The molecule has 0 heterocycles. The van der Waals surface area contributed by atoms with Crippen LogP contribution in [0.4, 0.5) is 0 Å². The van der Waals surface area contributed by atoms with Crippen molar-refractivity contribution in [3.05, 3.63) is 72.8 Å². The van der Waals surface area contributed by atoms with Crippen LogP contribution in [0.3, 0.4) is 0 Å². The highest BCUT2D eigenvalue weighted by molar-refractivity contribution is 6.99. The van der Waals surface area contributed by atoms with Gasteiger partial charge in [-0.05, 0) is 34.2 Å². The van der Waals surface area contributed by atoms with Crippen molar-refractivity contribution >= 4 is 18.7 Å². The van der Waals surface area contributed by atoms with Gasteiger partial charge in [-0.25, -0.2) is 0 Å². The molecular formula is C27H40O4Si. The summed E-state index contributed by atoms with van der Waals surface area (Å²) in [5, 5.41) is 11.6. The number of aliphatic hydroxyl groups excluding tert-OH is 1. The summed E-state index contributed by atoms with van der Waals surface area (Å²) >= 11 is 0. The minimum Gasteiger partial charge on any atom is -0.407 e. The molecule has 0 unspecified atom stereocenters. The van der Waals surface area contributed by atoms with Gasteiger partial charge in [-0.3, -0.25) is 0 Å². The fourth-order valence-electron chi connectivity index (χ4n) is 4.27. The Morgan fingerprint density at radius 3 is 1.97 bits per heavy atom. The molecule has 0 radical (unpaired) electrons. The summed E-state index contributed by atoms with van der Waals surface area (Å²) in [6.07, 6.45) is 5.37. The van der Waals surface area contributed by atoms with Crippen molar-refractivity contribution in [3.63, 3.8) is 0 Å². The normalized spacial score (nSPS) is 14.6. The second-order valence-electron chi connectivity index (χ2n) is 9.28. The van der Waals surface area contributed by atoms with Crippen molar-refractivity contribution in [3.8, 4) is 0 Å². The first-order valence-corrected chi connectivity index (χ1v) is 13.4. The van der Waals surface area contributed by atoms with Crippen LogP contribution in [0.2, 0.25) is 5.04 Å². The number of hydrogen-bond acceptors (Lipinski definition) is 4. The van der Waals surface area contributed by atoms with Crippen LogP contribution in [0.15, 0.2) is 72.8 Å². The standard InChI is InChI=1S/C27H40O4Si/c1-23(26(30-22-29-5)18-12-13-20-28)19-21-31-32(27(2,3)4,24-14-8-6-9-15-24)25-16-10-7-11-17-25/h6-17,23,26,28H,18-22H2,1-5H3/b13-12+/t23-,26+/m0/s1. The number of hydrogen-bond donors (Lipinski definition) is 1. The van der Waals surface area contributed by atoms with Crippen LogP contribution in [0.1, 0.15) is 40.5 Å². The molecule has 0 saturated heterocycles. The Morgan fingerprint density at radius 2 is 1.50 bits per heavy atom. The highest BCUT2D eigenvalue weighted by Gasteiger charge is 2.50. The third kappa shape index (κ3) is 6.87. The number of methoxy groups -OCH3 is 1. The fraction of sp³-hybridized carbons (Fsp3) is 0.481. The molecule has 1 N–H and O–H groups in total. The third-order valence-electron chi connectivity index (χ3n) is 5.98. The molecule has 2 rings (SSSR count). The monoisotopic (exact) mass is 456 g/mol. The maximum Gasteiger partial charge on any atom is 0.261 e. The summed E-state index contributed by atoms with van der Waals surface area (Å²) in [5.74, 6) is 0.284. The van der Waals surface area contributed by atoms with Crippen LogP contribution >= 0.6 is 0 Å². The van der Waals surface area contributed by atoms with Crippen molar-refractivity contribution in [2.45, 2.75) is 51.7 Å². The molecule has 0 saturated carbocycles. The average molecular weight is 457 g/mol. The van der Waals surface area contributed by atoms with Crippen LogP contribution in [-0.4, -0.2) is 46.6 Å². The Labute approximate surface area is 195 Å². The molecule has 32 heavy (non-hydrogen) atoms. The van der Waals surface area contributed by atoms with E-state index in [-0.39, 0.29) is 30.5 Å². The van der Waals surface area contributed by atoms with E-state index in [2.05, 4.69) is 88.4 Å². The first-order chi connectivity index (χ1) is 15.4. The highest BCUT2D eigenvalue weighted by atomic mass is 28.4. The fourth-order valence-corrected chi connectivity index (χ4v) is 8.85. The van der Waals surface area contributed by atoms with Crippen molar-refractivity contribution < 1.29 is 19.0 Å². The molecule has 0 aromatic heterocycles. The van der Waals surface area contributed by atoms with E-state index in [1.165, 1.54) is 10.4 Å². The lowest BCUT2D eigenvalue weighted by atomic mass is 9.98. The average Bonchev–Trinajstić information content (AvgIpc) is 2.79. The maximum atomic E-state index is 9.05. The molecule has 0 fully saturated rings. The largest absolute Gasteiger partial charge is 0.407 e. The van der Waals surface area contributed by atoms with Gasteiger partial charge in [0.2, 0.25) is 0 Å². The Kier molecular flexibility index (Phi) is 10.8. The van der Waals surface area contributed by atoms with Crippen LogP contribution < -0.4 is 10.4 Å². The summed E-state index contributed by atoms with van der Waals surface area (Å²) in [5.41, 5.74) is 0. The lowest BCUT2D eigenvalue weighted by molar-refractivity contribution is -0.0895. The predicted molar refractivity (Wildman–Crippen MR) is 135 cm³/mol. The SMILES string of the molecule is COCO[C@H](C/C=C/CO)[C@@H](C)CCO[Si](c1ccccc1)(c1ccccc1)C(C)(C)C. The molecule has 0 amide bonds. The summed E-state index contributed by atoms with van der Waals surface area (Å²) in [6.45, 7) is 10.1. The van der Waals surface area contributed by atoms with Crippen molar-refractivity contribution in [1.29, 1.82) is 0 Å². The van der Waals surface area contributed by atoms with E-state index in [0.717, 1.165) is 12.8 Å². The Morgan fingerprint density at radius 1 is 0.938 bits per heavy atom. The van der Waals surface area contributed by atoms with Gasteiger partial charge in [-0.2, -0.15) is 0 Å². The Balaban J connectivity index is 2.26. The van der Waals surface area contributed by atoms with Gasteiger partial charge in [0, 0.05) is 13.7 Å². The zero-order chi connectivity index (χ0) is 23.5. The molecule has 2 aromatic rings. The Bertz CT molecular complexity index is 747. The van der Waals surface area contributed by atoms with Gasteiger partial charge in [0.15, 0.2) is 0 Å². The predicted octanol–water partition coefficient (Wildman–Crippen LogP) is 4.52. The zero-order valence-electron chi connectivity index (χ0n) is 20.3. The van der Waals surface area contributed by atoms with Crippen LogP contribution in [0.25, 0.3) is 0 Å². The van der Waals surface area contributed by atoms with Gasteiger partial charge in [0.05, 0.1) is 12.7 Å². The van der Waals surface area contributed by atoms with E-state index in [1.807, 2.05) is 6.08 Å². The van der Waals surface area contributed by atoms with Crippen molar-refractivity contribution in [1.82, 2.24) is 0 Å². The Hall–Kier alpha value is -1.76. The second kappa shape index (κ2) is 13.1. The molecule has 5 heteroatoms. The summed E-state index contributed by atoms with van der Waals surface area (Å²) in [4.78, 5) is 0. The van der Waals surface area contributed by atoms with Crippen LogP contribution in [-0.2, 0) is 13.9 Å². The first kappa shape index (κ1) is 26.5. The number of ether oxygens (including phenoxy) is 2. The molecule has 0 bridgehead atoms. The van der Waals surface area contributed by atoms with Gasteiger partial charge >= 0.3 is 0 Å². The van der Waals surface area contributed by atoms with E-state index in [9.17, 15) is 0 Å². The zero-order valence-corrected chi connectivity index (χ0v) is 21.3. The number of rotatable bonds is 13. The molecule has 4 nitrogen and oxygen atoms in total. The molecule has 0 spiro atoms. The van der Waals surface area contributed by atoms with E-state index >= 15 is 0 Å². The second-order valence-corrected chi connectivity index (χ2v) is 13.6. The summed E-state index contributed by atoms with van der Waals surface area (Å²) in [7, 11) is -0.884. The van der Waals surface area contributed by atoms with E-state index in [1.54, 1.807) is 13.2 Å². The maximum absolute atomic E-state index is 9.05. The van der Waals surface area contributed by atoms with Gasteiger partial charge in [0.1, 0.15) is 6.79 Å². The van der Waals surface area contributed by atoms with Gasteiger partial charge in [-0.15, -0.1) is 0 Å².